The number of rotatable bonds is 1. The Morgan fingerprint density at radius 3 is 2.91 bits per heavy atom. The lowest BCUT2D eigenvalue weighted by Crippen LogP contribution is -2.53. The van der Waals surface area contributed by atoms with Crippen LogP contribution in [0.4, 0.5) is 0 Å². The summed E-state index contributed by atoms with van der Waals surface area (Å²) in [7, 11) is 0. The first-order valence-corrected chi connectivity index (χ1v) is 4.30. The quantitative estimate of drug-likeness (QED) is 0.575. The smallest absolute Gasteiger partial charge is 0.236 e. The van der Waals surface area contributed by atoms with Crippen LogP contribution >= 0.6 is 0 Å². The van der Waals surface area contributed by atoms with Gasteiger partial charge in [-0.3, -0.25) is 4.79 Å². The van der Waals surface area contributed by atoms with Gasteiger partial charge >= 0.3 is 0 Å². The van der Waals surface area contributed by atoms with Crippen LogP contribution in [0.1, 0.15) is 19.8 Å². The Hall–Kier alpha value is -0.570. The van der Waals surface area contributed by atoms with Crippen molar-refractivity contribution < 1.29 is 4.79 Å². The zero-order valence-electron chi connectivity index (χ0n) is 6.84. The topological polar surface area (TPSA) is 32.3 Å². The average molecular weight is 154 g/mol. The van der Waals surface area contributed by atoms with Gasteiger partial charge in [-0.05, 0) is 19.8 Å². The van der Waals surface area contributed by atoms with Crippen molar-refractivity contribution in [2.45, 2.75) is 31.8 Å². The van der Waals surface area contributed by atoms with Crippen molar-refractivity contribution in [3.63, 3.8) is 0 Å². The van der Waals surface area contributed by atoms with Crippen molar-refractivity contribution in [1.29, 1.82) is 0 Å². The third-order valence-corrected chi connectivity index (χ3v) is 2.38. The summed E-state index contributed by atoms with van der Waals surface area (Å²) in [6.07, 6.45) is 2.44. The summed E-state index contributed by atoms with van der Waals surface area (Å²) in [6.45, 7) is 3.57. The molecule has 0 aromatic carbocycles. The lowest BCUT2D eigenvalue weighted by Gasteiger charge is -2.31. The molecule has 0 aromatic rings. The fraction of sp³-hybridized carbons (Fsp3) is 0.875. The van der Waals surface area contributed by atoms with E-state index in [0.29, 0.717) is 18.6 Å². The molecule has 1 unspecified atom stereocenters. The molecule has 0 aromatic heterocycles. The molecule has 1 saturated carbocycles. The van der Waals surface area contributed by atoms with Crippen LogP contribution in [0, 0.1) is 0 Å². The van der Waals surface area contributed by atoms with Crippen molar-refractivity contribution in [3.8, 4) is 0 Å². The summed E-state index contributed by atoms with van der Waals surface area (Å²) < 4.78 is 0. The first-order valence-electron chi connectivity index (χ1n) is 4.30. The second kappa shape index (κ2) is 2.48. The van der Waals surface area contributed by atoms with Gasteiger partial charge in [0.1, 0.15) is 0 Å². The first-order chi connectivity index (χ1) is 5.27. The fourth-order valence-electron chi connectivity index (χ4n) is 1.56. The maximum Gasteiger partial charge on any atom is 0.236 e. The monoisotopic (exact) mass is 154 g/mol. The van der Waals surface area contributed by atoms with Gasteiger partial charge in [-0.25, -0.2) is 0 Å². The van der Waals surface area contributed by atoms with E-state index in [9.17, 15) is 4.79 Å². The molecule has 1 aliphatic heterocycles. The fourth-order valence-corrected chi connectivity index (χ4v) is 1.56. The molecule has 1 atom stereocenters. The number of carbonyl (C=O) groups excluding carboxylic acids is 1. The van der Waals surface area contributed by atoms with Gasteiger partial charge in [0.15, 0.2) is 0 Å². The third-order valence-electron chi connectivity index (χ3n) is 2.38. The molecule has 3 heteroatoms. The molecule has 0 radical (unpaired) electrons. The molecule has 3 nitrogen and oxygen atoms in total. The summed E-state index contributed by atoms with van der Waals surface area (Å²) in [6, 6.07) is 1.07. The number of amides is 1. The maximum atomic E-state index is 11.3. The van der Waals surface area contributed by atoms with E-state index in [1.165, 1.54) is 12.8 Å². The van der Waals surface area contributed by atoms with Gasteiger partial charge < -0.3 is 10.2 Å². The van der Waals surface area contributed by atoms with Crippen LogP contribution in [0.5, 0.6) is 0 Å². The van der Waals surface area contributed by atoms with Crippen LogP contribution in [-0.2, 0) is 4.79 Å². The van der Waals surface area contributed by atoms with E-state index in [0.717, 1.165) is 6.54 Å². The highest BCUT2D eigenvalue weighted by Crippen LogP contribution is 2.27. The highest BCUT2D eigenvalue weighted by Gasteiger charge is 2.35. The van der Waals surface area contributed by atoms with E-state index in [1.54, 1.807) is 0 Å². The predicted molar refractivity (Wildman–Crippen MR) is 42.2 cm³/mol. The molecule has 1 N–H and O–H groups in total. The van der Waals surface area contributed by atoms with E-state index < -0.39 is 0 Å². The highest BCUT2D eigenvalue weighted by molar-refractivity contribution is 5.79. The molecular formula is C8H14N2O. The van der Waals surface area contributed by atoms with Gasteiger partial charge in [0, 0.05) is 18.6 Å². The van der Waals surface area contributed by atoms with Gasteiger partial charge in [-0.15, -0.1) is 0 Å². The van der Waals surface area contributed by atoms with Crippen molar-refractivity contribution in [3.05, 3.63) is 0 Å². The zero-order chi connectivity index (χ0) is 7.84. The molecule has 11 heavy (non-hydrogen) atoms. The predicted octanol–water partition coefficient (Wildman–Crippen LogP) is -0.0309. The SMILES string of the molecule is CC1CN(C2CC2)C(=O)CN1. The van der Waals surface area contributed by atoms with E-state index in [1.807, 2.05) is 4.90 Å². The Kier molecular flexibility index (Phi) is 1.60. The Balaban J connectivity index is 1.98. The van der Waals surface area contributed by atoms with Gasteiger partial charge in [0.2, 0.25) is 5.91 Å². The number of piperazine rings is 1. The minimum absolute atomic E-state index is 0.283. The Morgan fingerprint density at radius 2 is 2.27 bits per heavy atom. The van der Waals surface area contributed by atoms with Crippen molar-refractivity contribution in [2.75, 3.05) is 13.1 Å². The van der Waals surface area contributed by atoms with Crippen LogP contribution in [0.3, 0.4) is 0 Å². The normalized spacial score (nSPS) is 32.6. The van der Waals surface area contributed by atoms with Crippen LogP contribution in [0.25, 0.3) is 0 Å². The third kappa shape index (κ3) is 1.38. The Bertz CT molecular complexity index is 177. The van der Waals surface area contributed by atoms with Gasteiger partial charge in [0.05, 0.1) is 6.54 Å². The zero-order valence-corrected chi connectivity index (χ0v) is 6.84. The Labute approximate surface area is 66.8 Å². The lowest BCUT2D eigenvalue weighted by atomic mass is 10.2. The van der Waals surface area contributed by atoms with Gasteiger partial charge in [-0.2, -0.15) is 0 Å². The van der Waals surface area contributed by atoms with Crippen molar-refractivity contribution in [2.24, 2.45) is 0 Å². The van der Waals surface area contributed by atoms with Gasteiger partial charge in [-0.1, -0.05) is 0 Å². The number of hydrogen-bond acceptors (Lipinski definition) is 2. The number of nitrogens with zero attached hydrogens (tertiary/aromatic N) is 1. The molecule has 0 spiro atoms. The second-order valence-electron chi connectivity index (χ2n) is 3.56. The highest BCUT2D eigenvalue weighted by atomic mass is 16.2. The molecule has 1 heterocycles. The van der Waals surface area contributed by atoms with E-state index in [4.69, 9.17) is 0 Å². The summed E-state index contributed by atoms with van der Waals surface area (Å²) in [5, 5.41) is 3.15. The van der Waals surface area contributed by atoms with Gasteiger partial charge in [0.25, 0.3) is 0 Å². The van der Waals surface area contributed by atoms with Crippen LogP contribution in [0.15, 0.2) is 0 Å². The molecule has 0 bridgehead atoms. The summed E-state index contributed by atoms with van der Waals surface area (Å²) in [4.78, 5) is 13.3. The standard InChI is InChI=1S/C8H14N2O/c1-6-5-10(7-2-3-7)8(11)4-9-6/h6-7,9H,2-5H2,1H3. The van der Waals surface area contributed by atoms with E-state index in [2.05, 4.69) is 12.2 Å². The molecule has 2 aliphatic rings. The minimum atomic E-state index is 0.283. The van der Waals surface area contributed by atoms with Crippen molar-refractivity contribution >= 4 is 5.91 Å². The van der Waals surface area contributed by atoms with Crippen LogP contribution < -0.4 is 5.32 Å². The summed E-state index contributed by atoms with van der Waals surface area (Å²) in [5.41, 5.74) is 0. The second-order valence-corrected chi connectivity index (χ2v) is 3.56. The lowest BCUT2D eigenvalue weighted by molar-refractivity contribution is -0.133. The molecular weight excluding hydrogens is 140 g/mol. The summed E-state index contributed by atoms with van der Waals surface area (Å²) in [5.74, 6) is 0.283. The first kappa shape index (κ1) is 7.10. The number of nitrogens with one attached hydrogen (secondary N) is 1. The van der Waals surface area contributed by atoms with Crippen molar-refractivity contribution in [1.82, 2.24) is 10.2 Å². The minimum Gasteiger partial charge on any atom is -0.337 e. The molecule has 2 rings (SSSR count). The molecule has 62 valence electrons. The van der Waals surface area contributed by atoms with E-state index in [-0.39, 0.29) is 5.91 Å². The maximum absolute atomic E-state index is 11.3. The number of hydrogen-bond donors (Lipinski definition) is 1. The molecule has 1 saturated heterocycles. The molecule has 1 aliphatic carbocycles. The Morgan fingerprint density at radius 1 is 1.55 bits per heavy atom. The van der Waals surface area contributed by atoms with Crippen LogP contribution in [0.2, 0.25) is 0 Å². The largest absolute Gasteiger partial charge is 0.337 e. The van der Waals surface area contributed by atoms with E-state index >= 15 is 0 Å². The summed E-state index contributed by atoms with van der Waals surface area (Å²) >= 11 is 0. The van der Waals surface area contributed by atoms with Crippen LogP contribution in [-0.4, -0.2) is 36.0 Å². The molecule has 2 fully saturated rings. The molecule has 1 amide bonds. The number of carbonyl (C=O) groups is 1. The average Bonchev–Trinajstić information content (AvgIpc) is 2.76.